The second-order valence-electron chi connectivity index (χ2n) is 5.28. The van der Waals surface area contributed by atoms with E-state index in [1.165, 1.54) is 0 Å². The average molecular weight is 266 g/mol. The molecule has 0 bridgehead atoms. The monoisotopic (exact) mass is 265 g/mol. The van der Waals surface area contributed by atoms with Crippen LogP contribution in [0, 0.1) is 6.92 Å². The maximum absolute atomic E-state index is 6.07. The van der Waals surface area contributed by atoms with E-state index in [1.54, 1.807) is 12.4 Å². The summed E-state index contributed by atoms with van der Waals surface area (Å²) < 4.78 is 1.86. The van der Waals surface area contributed by atoms with E-state index >= 15 is 0 Å². The number of aromatic nitrogens is 5. The number of rotatable bonds is 2. The summed E-state index contributed by atoms with van der Waals surface area (Å²) in [4.78, 5) is 8.54. The number of hydrogen-bond donors (Lipinski definition) is 0. The molecule has 0 aliphatic heterocycles. The Morgan fingerprint density at radius 3 is 2.44 bits per heavy atom. The highest BCUT2D eigenvalue weighted by atomic mass is 35.5. The molecule has 0 aliphatic carbocycles. The molecule has 0 N–H and O–H groups in total. The van der Waals surface area contributed by atoms with E-state index in [2.05, 4.69) is 40.9 Å². The second-order valence-corrected chi connectivity index (χ2v) is 5.62. The first kappa shape index (κ1) is 13.0. The summed E-state index contributed by atoms with van der Waals surface area (Å²) in [6.45, 7) is 8.66. The third-order valence-corrected chi connectivity index (χ3v) is 2.81. The largest absolute Gasteiger partial charge is 0.295 e. The van der Waals surface area contributed by atoms with Gasteiger partial charge in [0, 0.05) is 11.6 Å². The molecule has 2 aromatic heterocycles. The fourth-order valence-corrected chi connectivity index (χ4v) is 1.82. The van der Waals surface area contributed by atoms with Gasteiger partial charge in [-0.1, -0.05) is 20.8 Å². The van der Waals surface area contributed by atoms with E-state index in [1.807, 2.05) is 11.5 Å². The molecule has 0 atom stereocenters. The summed E-state index contributed by atoms with van der Waals surface area (Å²) >= 11 is 6.07. The summed E-state index contributed by atoms with van der Waals surface area (Å²) in [5.41, 5.74) is 1.62. The van der Waals surface area contributed by atoms with Crippen molar-refractivity contribution in [2.45, 2.75) is 39.7 Å². The average Bonchev–Trinajstić information content (AvgIpc) is 2.63. The van der Waals surface area contributed by atoms with Crippen LogP contribution < -0.4 is 0 Å². The lowest BCUT2D eigenvalue weighted by Crippen LogP contribution is -2.20. The molecule has 2 aromatic rings. The standard InChI is InChI=1S/C12H16ClN5/c1-8-5-15-9(6-14-8)7-18-10(12(2,3)4)16-17-11(18)13/h5-6H,7H2,1-4H3. The van der Waals surface area contributed by atoms with Gasteiger partial charge in [0.25, 0.3) is 0 Å². The highest BCUT2D eigenvalue weighted by Gasteiger charge is 2.23. The van der Waals surface area contributed by atoms with Gasteiger partial charge in [-0.3, -0.25) is 14.5 Å². The number of hydrogen-bond acceptors (Lipinski definition) is 4. The normalized spacial score (nSPS) is 11.8. The highest BCUT2D eigenvalue weighted by molar-refractivity contribution is 6.28. The van der Waals surface area contributed by atoms with Gasteiger partial charge in [-0.05, 0) is 18.5 Å². The van der Waals surface area contributed by atoms with Crippen molar-refractivity contribution in [3.05, 3.63) is 34.9 Å². The van der Waals surface area contributed by atoms with Gasteiger partial charge in [0.1, 0.15) is 5.82 Å². The molecule has 6 heteroatoms. The Kier molecular flexibility index (Phi) is 3.34. The first-order chi connectivity index (χ1) is 8.38. The summed E-state index contributed by atoms with van der Waals surface area (Å²) in [6, 6.07) is 0. The van der Waals surface area contributed by atoms with E-state index in [-0.39, 0.29) is 5.41 Å². The topological polar surface area (TPSA) is 56.5 Å². The van der Waals surface area contributed by atoms with Crippen molar-refractivity contribution in [2.75, 3.05) is 0 Å². The molecule has 0 fully saturated rings. The number of aryl methyl sites for hydroxylation is 1. The van der Waals surface area contributed by atoms with Gasteiger partial charge in [0.15, 0.2) is 0 Å². The fraction of sp³-hybridized carbons (Fsp3) is 0.500. The van der Waals surface area contributed by atoms with E-state index in [4.69, 9.17) is 11.6 Å². The number of nitrogens with zero attached hydrogens (tertiary/aromatic N) is 5. The van der Waals surface area contributed by atoms with Crippen LogP contribution in [-0.2, 0) is 12.0 Å². The summed E-state index contributed by atoms with van der Waals surface area (Å²) in [6.07, 6.45) is 3.49. The van der Waals surface area contributed by atoms with Crippen LogP contribution in [0.2, 0.25) is 5.28 Å². The predicted molar refractivity (Wildman–Crippen MR) is 69.6 cm³/mol. The van der Waals surface area contributed by atoms with Crippen molar-refractivity contribution in [3.8, 4) is 0 Å². The Morgan fingerprint density at radius 2 is 1.89 bits per heavy atom. The molecule has 0 aromatic carbocycles. The van der Waals surface area contributed by atoms with Crippen LogP contribution in [0.3, 0.4) is 0 Å². The Morgan fingerprint density at radius 1 is 1.17 bits per heavy atom. The Balaban J connectivity index is 2.34. The molecule has 0 radical (unpaired) electrons. The summed E-state index contributed by atoms with van der Waals surface area (Å²) in [5.74, 6) is 0.842. The van der Waals surface area contributed by atoms with Crippen molar-refractivity contribution >= 4 is 11.6 Å². The lowest BCUT2D eigenvalue weighted by atomic mass is 9.96. The molecule has 0 unspecified atom stereocenters. The minimum absolute atomic E-state index is 0.113. The molecular formula is C12H16ClN5. The third-order valence-electron chi connectivity index (χ3n) is 2.53. The van der Waals surface area contributed by atoms with Gasteiger partial charge in [-0.25, -0.2) is 0 Å². The van der Waals surface area contributed by atoms with Gasteiger partial charge in [-0.15, -0.1) is 10.2 Å². The van der Waals surface area contributed by atoms with E-state index in [0.29, 0.717) is 11.8 Å². The van der Waals surface area contributed by atoms with Gasteiger partial charge in [0.2, 0.25) is 5.28 Å². The Bertz CT molecular complexity index is 539. The van der Waals surface area contributed by atoms with Crippen molar-refractivity contribution in [2.24, 2.45) is 0 Å². The van der Waals surface area contributed by atoms with E-state index < -0.39 is 0 Å². The zero-order chi connectivity index (χ0) is 13.3. The van der Waals surface area contributed by atoms with E-state index in [9.17, 15) is 0 Å². The van der Waals surface area contributed by atoms with Crippen molar-refractivity contribution in [1.29, 1.82) is 0 Å². The first-order valence-corrected chi connectivity index (χ1v) is 6.12. The lowest BCUT2D eigenvalue weighted by Gasteiger charge is -2.18. The minimum Gasteiger partial charge on any atom is -0.295 e. The SMILES string of the molecule is Cc1cnc(Cn2c(Cl)nnc2C(C)(C)C)cn1. The molecule has 18 heavy (non-hydrogen) atoms. The minimum atomic E-state index is -0.113. The van der Waals surface area contributed by atoms with Crippen molar-refractivity contribution in [3.63, 3.8) is 0 Å². The molecule has 0 saturated carbocycles. The van der Waals surface area contributed by atoms with Crippen LogP contribution in [0.4, 0.5) is 0 Å². The second kappa shape index (κ2) is 4.65. The van der Waals surface area contributed by atoms with Crippen LogP contribution in [0.1, 0.15) is 38.0 Å². The quantitative estimate of drug-likeness (QED) is 0.837. The van der Waals surface area contributed by atoms with Gasteiger partial charge in [0.05, 0.1) is 24.1 Å². The van der Waals surface area contributed by atoms with Crippen molar-refractivity contribution < 1.29 is 0 Å². The predicted octanol–water partition coefficient (Wildman–Crippen LogP) is 2.38. The smallest absolute Gasteiger partial charge is 0.225 e. The molecule has 0 amide bonds. The fourth-order valence-electron chi connectivity index (χ4n) is 1.64. The summed E-state index contributed by atoms with van der Waals surface area (Å²) in [7, 11) is 0. The van der Waals surface area contributed by atoms with Crippen LogP contribution >= 0.6 is 11.6 Å². The molecular weight excluding hydrogens is 250 g/mol. The highest BCUT2D eigenvalue weighted by Crippen LogP contribution is 2.23. The third kappa shape index (κ3) is 2.67. The molecule has 0 spiro atoms. The van der Waals surface area contributed by atoms with Crippen LogP contribution in [0.5, 0.6) is 0 Å². The molecule has 96 valence electrons. The van der Waals surface area contributed by atoms with Crippen LogP contribution in [-0.4, -0.2) is 24.7 Å². The van der Waals surface area contributed by atoms with Crippen molar-refractivity contribution in [1.82, 2.24) is 24.7 Å². The van der Waals surface area contributed by atoms with Crippen LogP contribution in [0.25, 0.3) is 0 Å². The zero-order valence-corrected chi connectivity index (χ0v) is 11.7. The summed E-state index contributed by atoms with van der Waals surface area (Å²) in [5, 5.41) is 8.44. The Hall–Kier alpha value is -1.49. The number of halogens is 1. The molecule has 5 nitrogen and oxygen atoms in total. The lowest BCUT2D eigenvalue weighted by molar-refractivity contribution is 0.508. The van der Waals surface area contributed by atoms with Gasteiger partial charge in [-0.2, -0.15) is 0 Å². The van der Waals surface area contributed by atoms with Gasteiger partial charge >= 0.3 is 0 Å². The van der Waals surface area contributed by atoms with Crippen LogP contribution in [0.15, 0.2) is 12.4 Å². The molecule has 2 rings (SSSR count). The first-order valence-electron chi connectivity index (χ1n) is 5.74. The molecule has 0 aliphatic rings. The van der Waals surface area contributed by atoms with E-state index in [0.717, 1.165) is 17.2 Å². The Labute approximate surface area is 111 Å². The molecule has 2 heterocycles. The van der Waals surface area contributed by atoms with Gasteiger partial charge < -0.3 is 0 Å². The zero-order valence-electron chi connectivity index (χ0n) is 11.0. The molecule has 0 saturated heterocycles. The maximum atomic E-state index is 6.07. The maximum Gasteiger partial charge on any atom is 0.225 e.